The highest BCUT2D eigenvalue weighted by molar-refractivity contribution is 5.94. The van der Waals surface area contributed by atoms with E-state index in [1.54, 1.807) is 0 Å². The molecule has 1 aliphatic rings. The van der Waals surface area contributed by atoms with Crippen LogP contribution in [0.5, 0.6) is 0 Å². The summed E-state index contributed by atoms with van der Waals surface area (Å²) >= 11 is 0. The van der Waals surface area contributed by atoms with Crippen LogP contribution in [0.3, 0.4) is 0 Å². The largest absolute Gasteiger partial charge is 0.352 e. The molecular formula is C30H30N2O. The maximum atomic E-state index is 12.7. The number of hydrogen-bond acceptors (Lipinski definition) is 1. The van der Waals surface area contributed by atoms with E-state index in [0.717, 1.165) is 31.4 Å². The molecule has 1 aromatic heterocycles. The summed E-state index contributed by atoms with van der Waals surface area (Å²) in [4.78, 5) is 12.7. The molecule has 4 aromatic rings. The molecule has 1 aliphatic carbocycles. The summed E-state index contributed by atoms with van der Waals surface area (Å²) in [5, 5.41) is 3.06. The van der Waals surface area contributed by atoms with Crippen LogP contribution < -0.4 is 5.32 Å². The lowest BCUT2D eigenvalue weighted by atomic mass is 9.98. The highest BCUT2D eigenvalue weighted by atomic mass is 16.1. The molecule has 3 aromatic carbocycles. The van der Waals surface area contributed by atoms with E-state index in [0.29, 0.717) is 12.1 Å². The van der Waals surface area contributed by atoms with E-state index in [2.05, 4.69) is 82.7 Å². The van der Waals surface area contributed by atoms with Gasteiger partial charge in [0.2, 0.25) is 0 Å². The van der Waals surface area contributed by atoms with Crippen LogP contribution in [0.25, 0.3) is 16.9 Å². The smallest absolute Gasteiger partial charge is 0.251 e. The zero-order valence-corrected chi connectivity index (χ0v) is 19.0. The summed E-state index contributed by atoms with van der Waals surface area (Å²) in [7, 11) is 0. The number of aryl methyl sites for hydroxylation is 2. The van der Waals surface area contributed by atoms with Crippen molar-refractivity contribution in [1.82, 2.24) is 9.88 Å². The topological polar surface area (TPSA) is 34.0 Å². The Morgan fingerprint density at radius 3 is 2.27 bits per heavy atom. The summed E-state index contributed by atoms with van der Waals surface area (Å²) in [5.41, 5.74) is 8.48. The molecule has 0 saturated carbocycles. The number of benzene rings is 3. The zero-order chi connectivity index (χ0) is 22.5. The zero-order valence-electron chi connectivity index (χ0n) is 19.0. The van der Waals surface area contributed by atoms with Crippen molar-refractivity contribution in [2.75, 3.05) is 6.54 Å². The fraction of sp³-hybridized carbons (Fsp3) is 0.233. The van der Waals surface area contributed by atoms with E-state index in [9.17, 15) is 4.79 Å². The number of carbonyl (C=O) groups is 1. The molecule has 5 rings (SSSR count). The molecule has 1 N–H and O–H groups in total. The molecule has 0 bridgehead atoms. The number of fused-ring (bicyclic) bond motifs is 1. The highest BCUT2D eigenvalue weighted by Gasteiger charge is 2.20. The number of aromatic nitrogens is 1. The molecule has 3 heteroatoms. The van der Waals surface area contributed by atoms with Crippen molar-refractivity contribution in [2.24, 2.45) is 0 Å². The van der Waals surface area contributed by atoms with Crippen LogP contribution in [-0.2, 0) is 19.3 Å². The van der Waals surface area contributed by atoms with E-state index in [1.165, 1.54) is 40.9 Å². The Kier molecular flexibility index (Phi) is 6.39. The first kappa shape index (κ1) is 21.3. The van der Waals surface area contributed by atoms with Crippen molar-refractivity contribution < 1.29 is 4.79 Å². The van der Waals surface area contributed by atoms with E-state index in [-0.39, 0.29) is 5.91 Å². The van der Waals surface area contributed by atoms with Gasteiger partial charge < -0.3 is 9.88 Å². The molecular weight excluding hydrogens is 404 g/mol. The lowest BCUT2D eigenvalue weighted by Gasteiger charge is -2.18. The molecule has 1 heterocycles. The summed E-state index contributed by atoms with van der Waals surface area (Å²) in [6.07, 6.45) is 6.64. The van der Waals surface area contributed by atoms with Gasteiger partial charge in [0, 0.05) is 23.5 Å². The van der Waals surface area contributed by atoms with Crippen molar-refractivity contribution in [3.63, 3.8) is 0 Å². The van der Waals surface area contributed by atoms with Crippen LogP contribution in [-0.4, -0.2) is 17.0 Å². The molecule has 0 radical (unpaired) electrons. The third-order valence-corrected chi connectivity index (χ3v) is 6.53. The molecule has 0 aliphatic heterocycles. The second-order valence-corrected chi connectivity index (χ2v) is 8.80. The van der Waals surface area contributed by atoms with E-state index in [4.69, 9.17) is 0 Å². The first-order valence-electron chi connectivity index (χ1n) is 12.0. The van der Waals surface area contributed by atoms with Crippen molar-refractivity contribution in [3.05, 3.63) is 113 Å². The number of carbonyl (C=O) groups excluding carboxylic acids is 1. The molecule has 3 nitrogen and oxygen atoms in total. The summed E-state index contributed by atoms with van der Waals surface area (Å²) in [6.45, 7) is 0.679. The standard InChI is InChI=1S/C30H30N2O/c33-30(31-21-9-12-23-10-3-1-4-11-23)25-17-19-27(20-18-25)32-28-16-8-7-15-26(28)22-29(32)24-13-5-2-6-14-24/h1-6,10-11,13-14,17-20,22H,7-9,12,15-16,21H2,(H,31,33). The Labute approximate surface area is 196 Å². The molecule has 1 amide bonds. The normalized spacial score (nSPS) is 12.8. The van der Waals surface area contributed by atoms with Crippen molar-refractivity contribution in [3.8, 4) is 16.9 Å². The van der Waals surface area contributed by atoms with Crippen LogP contribution in [0.1, 0.15) is 46.4 Å². The van der Waals surface area contributed by atoms with Crippen LogP contribution in [0, 0.1) is 0 Å². The van der Waals surface area contributed by atoms with Crippen molar-refractivity contribution in [2.45, 2.75) is 38.5 Å². The fourth-order valence-electron chi connectivity index (χ4n) is 4.82. The Balaban J connectivity index is 1.31. The molecule has 0 fully saturated rings. The van der Waals surface area contributed by atoms with Gasteiger partial charge in [0.05, 0.1) is 5.69 Å². The third kappa shape index (κ3) is 4.78. The third-order valence-electron chi connectivity index (χ3n) is 6.53. The van der Waals surface area contributed by atoms with Gasteiger partial charge in [0.25, 0.3) is 5.91 Å². The highest BCUT2D eigenvalue weighted by Crippen LogP contribution is 2.33. The second kappa shape index (κ2) is 9.91. The van der Waals surface area contributed by atoms with Crippen molar-refractivity contribution in [1.29, 1.82) is 0 Å². The Bertz CT molecular complexity index is 1210. The number of nitrogens with one attached hydrogen (secondary N) is 1. The molecule has 0 spiro atoms. The molecule has 0 atom stereocenters. The van der Waals surface area contributed by atoms with Gasteiger partial charge in [-0.3, -0.25) is 4.79 Å². The Hall–Kier alpha value is -3.59. The monoisotopic (exact) mass is 434 g/mol. The number of nitrogens with zero attached hydrogens (tertiary/aromatic N) is 1. The van der Waals surface area contributed by atoms with Gasteiger partial charge in [-0.05, 0) is 85.5 Å². The van der Waals surface area contributed by atoms with Gasteiger partial charge in [0.1, 0.15) is 0 Å². The minimum Gasteiger partial charge on any atom is -0.352 e. The van der Waals surface area contributed by atoms with Gasteiger partial charge in [-0.2, -0.15) is 0 Å². The van der Waals surface area contributed by atoms with Gasteiger partial charge in [-0.25, -0.2) is 0 Å². The van der Waals surface area contributed by atoms with Crippen LogP contribution >= 0.6 is 0 Å². The molecule has 33 heavy (non-hydrogen) atoms. The number of hydrogen-bond donors (Lipinski definition) is 1. The van der Waals surface area contributed by atoms with Crippen LogP contribution in [0.2, 0.25) is 0 Å². The second-order valence-electron chi connectivity index (χ2n) is 8.80. The van der Waals surface area contributed by atoms with Crippen LogP contribution in [0.4, 0.5) is 0 Å². The maximum absolute atomic E-state index is 12.7. The molecule has 0 unspecified atom stereocenters. The lowest BCUT2D eigenvalue weighted by Crippen LogP contribution is -2.24. The SMILES string of the molecule is O=C(NCCCc1ccccc1)c1ccc(-n2c(-c3ccccc3)cc3c2CCCC3)cc1. The van der Waals surface area contributed by atoms with Crippen LogP contribution in [0.15, 0.2) is 91.0 Å². The van der Waals surface area contributed by atoms with Gasteiger partial charge in [0.15, 0.2) is 0 Å². The van der Waals surface area contributed by atoms with Gasteiger partial charge in [-0.15, -0.1) is 0 Å². The predicted molar refractivity (Wildman–Crippen MR) is 135 cm³/mol. The average molecular weight is 435 g/mol. The number of amides is 1. The predicted octanol–water partition coefficient (Wildman–Crippen LogP) is 6.39. The summed E-state index contributed by atoms with van der Waals surface area (Å²) < 4.78 is 2.39. The van der Waals surface area contributed by atoms with Crippen molar-refractivity contribution >= 4 is 5.91 Å². The molecule has 166 valence electrons. The van der Waals surface area contributed by atoms with E-state index < -0.39 is 0 Å². The molecule has 0 saturated heterocycles. The number of rotatable bonds is 7. The summed E-state index contributed by atoms with van der Waals surface area (Å²) in [5.74, 6) is -0.00701. The van der Waals surface area contributed by atoms with E-state index >= 15 is 0 Å². The first-order valence-corrected chi connectivity index (χ1v) is 12.0. The Morgan fingerprint density at radius 1 is 0.818 bits per heavy atom. The minimum absolute atomic E-state index is 0.00701. The van der Waals surface area contributed by atoms with Gasteiger partial charge >= 0.3 is 0 Å². The lowest BCUT2D eigenvalue weighted by molar-refractivity contribution is 0.0953. The summed E-state index contributed by atoms with van der Waals surface area (Å²) in [6, 6.07) is 31.4. The maximum Gasteiger partial charge on any atom is 0.251 e. The Morgan fingerprint density at radius 2 is 1.52 bits per heavy atom. The first-order chi connectivity index (χ1) is 16.3. The fourth-order valence-corrected chi connectivity index (χ4v) is 4.82. The van der Waals surface area contributed by atoms with Gasteiger partial charge in [-0.1, -0.05) is 60.7 Å². The average Bonchev–Trinajstić information content (AvgIpc) is 3.27. The quantitative estimate of drug-likeness (QED) is 0.336. The minimum atomic E-state index is -0.00701. The van der Waals surface area contributed by atoms with E-state index in [1.807, 2.05) is 18.2 Å².